The second-order valence-electron chi connectivity index (χ2n) is 7.17. The van der Waals surface area contributed by atoms with Crippen molar-refractivity contribution in [3.63, 3.8) is 0 Å². The van der Waals surface area contributed by atoms with E-state index in [4.69, 9.17) is 11.6 Å². The van der Waals surface area contributed by atoms with E-state index in [9.17, 15) is 9.59 Å². The highest BCUT2D eigenvalue weighted by Gasteiger charge is 2.29. The number of amides is 2. The predicted molar refractivity (Wildman–Crippen MR) is 107 cm³/mol. The Morgan fingerprint density at radius 2 is 2.15 bits per heavy atom. The van der Waals surface area contributed by atoms with Gasteiger partial charge in [-0.3, -0.25) is 9.59 Å². The largest absolute Gasteiger partial charge is 0.356 e. The van der Waals surface area contributed by atoms with Gasteiger partial charge in [-0.15, -0.1) is 11.8 Å². The van der Waals surface area contributed by atoms with Gasteiger partial charge in [0.15, 0.2) is 0 Å². The molecule has 26 heavy (non-hydrogen) atoms. The number of piperidine rings is 1. The highest BCUT2D eigenvalue weighted by atomic mass is 35.5. The van der Waals surface area contributed by atoms with Crippen LogP contribution in [0, 0.1) is 5.92 Å². The first kappa shape index (κ1) is 19.5. The number of thioether (sulfide) groups is 1. The lowest BCUT2D eigenvalue weighted by atomic mass is 9.99. The number of anilines is 1. The number of carbonyl (C=O) groups is 2. The first-order valence-corrected chi connectivity index (χ1v) is 10.5. The highest BCUT2D eigenvalue weighted by Crippen LogP contribution is 2.38. The number of halogens is 1. The zero-order valence-electron chi connectivity index (χ0n) is 15.1. The van der Waals surface area contributed by atoms with Gasteiger partial charge in [-0.2, -0.15) is 0 Å². The molecule has 0 aromatic heterocycles. The molecule has 1 aromatic rings. The van der Waals surface area contributed by atoms with Crippen LogP contribution in [0.5, 0.6) is 0 Å². The summed E-state index contributed by atoms with van der Waals surface area (Å²) in [7, 11) is 0. The molecular weight excluding hydrogens is 370 g/mol. The second kappa shape index (κ2) is 9.11. The number of nitrogens with zero attached hydrogens (tertiary/aromatic N) is 1. The molecule has 142 valence electrons. The van der Waals surface area contributed by atoms with Crippen LogP contribution in [0.15, 0.2) is 23.1 Å². The molecule has 2 amide bonds. The lowest BCUT2D eigenvalue weighted by Crippen LogP contribution is -2.37. The van der Waals surface area contributed by atoms with E-state index in [0.29, 0.717) is 11.6 Å². The summed E-state index contributed by atoms with van der Waals surface area (Å²) in [5, 5.41) is 5.98. The van der Waals surface area contributed by atoms with Crippen molar-refractivity contribution in [2.24, 2.45) is 5.92 Å². The van der Waals surface area contributed by atoms with E-state index in [1.165, 1.54) is 24.6 Å². The Morgan fingerprint density at radius 1 is 1.38 bits per heavy atom. The van der Waals surface area contributed by atoms with Crippen LogP contribution in [-0.2, 0) is 9.59 Å². The van der Waals surface area contributed by atoms with Crippen LogP contribution in [0.4, 0.5) is 5.69 Å². The maximum Gasteiger partial charge on any atom is 0.238 e. The molecule has 3 rings (SSSR count). The smallest absolute Gasteiger partial charge is 0.238 e. The van der Waals surface area contributed by atoms with Crippen LogP contribution >= 0.6 is 23.4 Å². The van der Waals surface area contributed by atoms with Gasteiger partial charge in [0.05, 0.1) is 10.9 Å². The van der Waals surface area contributed by atoms with Crippen molar-refractivity contribution in [3.8, 4) is 0 Å². The third-order valence-corrected chi connectivity index (χ3v) is 6.49. The Kier molecular flexibility index (Phi) is 6.84. The predicted octanol–water partition coefficient (Wildman–Crippen LogP) is 3.38. The first-order valence-electron chi connectivity index (χ1n) is 9.27. The molecular formula is C19H26ClN3O2S. The summed E-state index contributed by atoms with van der Waals surface area (Å²) in [6, 6.07) is 5.41. The number of benzene rings is 1. The number of rotatable bonds is 6. The summed E-state index contributed by atoms with van der Waals surface area (Å²) in [5.41, 5.74) is 0.722. The minimum absolute atomic E-state index is 0.0673. The van der Waals surface area contributed by atoms with Gasteiger partial charge >= 0.3 is 0 Å². The van der Waals surface area contributed by atoms with Crippen LogP contribution < -0.4 is 10.6 Å². The third kappa shape index (κ3) is 5.38. The summed E-state index contributed by atoms with van der Waals surface area (Å²) in [5.74, 6) is 0.635. The summed E-state index contributed by atoms with van der Waals surface area (Å²) in [6.45, 7) is 6.33. The Labute approximate surface area is 164 Å². The van der Waals surface area contributed by atoms with E-state index in [0.717, 1.165) is 42.6 Å². The van der Waals surface area contributed by atoms with E-state index in [-0.39, 0.29) is 18.2 Å². The average molecular weight is 396 g/mol. The molecule has 2 aliphatic rings. The lowest BCUT2D eigenvalue weighted by molar-refractivity contribution is -0.124. The number of hydrogen-bond acceptors (Lipinski definition) is 4. The SMILES string of the molecule is CC1CCN(CCCNC(=O)C[C@@H]2Sc3ccc(Cl)cc3NC2=O)CC1. The van der Waals surface area contributed by atoms with Crippen molar-refractivity contribution in [1.29, 1.82) is 0 Å². The molecule has 0 saturated carbocycles. The number of carbonyl (C=O) groups excluding carboxylic acids is 2. The molecule has 0 bridgehead atoms. The maximum atomic E-state index is 12.2. The molecule has 1 aromatic carbocycles. The van der Waals surface area contributed by atoms with Crippen molar-refractivity contribution in [2.45, 2.75) is 42.8 Å². The molecule has 1 fully saturated rings. The quantitative estimate of drug-likeness (QED) is 0.725. The Hall–Kier alpha value is -1.24. The van der Waals surface area contributed by atoms with Crippen molar-refractivity contribution in [3.05, 3.63) is 23.2 Å². The molecule has 2 heterocycles. The molecule has 1 atom stereocenters. The summed E-state index contributed by atoms with van der Waals surface area (Å²) < 4.78 is 0. The van der Waals surface area contributed by atoms with Gasteiger partial charge < -0.3 is 15.5 Å². The van der Waals surface area contributed by atoms with Crippen LogP contribution in [0.1, 0.15) is 32.6 Å². The number of nitrogens with one attached hydrogen (secondary N) is 2. The number of fused-ring (bicyclic) bond motifs is 1. The second-order valence-corrected chi connectivity index (χ2v) is 8.85. The number of likely N-dealkylation sites (tertiary alicyclic amines) is 1. The molecule has 0 spiro atoms. The van der Waals surface area contributed by atoms with Crippen molar-refractivity contribution in [1.82, 2.24) is 10.2 Å². The molecule has 2 aliphatic heterocycles. The summed E-state index contributed by atoms with van der Waals surface area (Å²) >= 11 is 7.38. The molecule has 1 saturated heterocycles. The fourth-order valence-electron chi connectivity index (χ4n) is 3.31. The van der Waals surface area contributed by atoms with Crippen LogP contribution in [0.25, 0.3) is 0 Å². The molecule has 5 nitrogen and oxygen atoms in total. The van der Waals surface area contributed by atoms with E-state index >= 15 is 0 Å². The van der Waals surface area contributed by atoms with Gasteiger partial charge in [0.25, 0.3) is 0 Å². The van der Waals surface area contributed by atoms with E-state index in [2.05, 4.69) is 22.5 Å². The monoisotopic (exact) mass is 395 g/mol. The minimum Gasteiger partial charge on any atom is -0.356 e. The van der Waals surface area contributed by atoms with Gasteiger partial charge in [0, 0.05) is 22.9 Å². The maximum absolute atomic E-state index is 12.2. The van der Waals surface area contributed by atoms with Gasteiger partial charge in [0.1, 0.15) is 0 Å². The topological polar surface area (TPSA) is 61.4 Å². The van der Waals surface area contributed by atoms with Crippen molar-refractivity contribution < 1.29 is 9.59 Å². The fourth-order valence-corrected chi connectivity index (χ4v) is 4.58. The zero-order chi connectivity index (χ0) is 18.5. The van der Waals surface area contributed by atoms with Gasteiger partial charge in [-0.05, 0) is 63.0 Å². The van der Waals surface area contributed by atoms with Crippen LogP contribution in [0.3, 0.4) is 0 Å². The first-order chi connectivity index (χ1) is 12.5. The lowest BCUT2D eigenvalue weighted by Gasteiger charge is -2.30. The van der Waals surface area contributed by atoms with E-state index in [1.807, 2.05) is 6.07 Å². The summed E-state index contributed by atoms with van der Waals surface area (Å²) in [4.78, 5) is 27.8. The minimum atomic E-state index is -0.396. The van der Waals surface area contributed by atoms with Gasteiger partial charge in [-0.1, -0.05) is 18.5 Å². The van der Waals surface area contributed by atoms with Crippen LogP contribution in [-0.4, -0.2) is 48.1 Å². The fraction of sp³-hybridized carbons (Fsp3) is 0.579. The normalized spacial score (nSPS) is 21.2. The Bertz CT molecular complexity index is 662. The van der Waals surface area contributed by atoms with E-state index in [1.54, 1.807) is 12.1 Å². The molecule has 7 heteroatoms. The molecule has 2 N–H and O–H groups in total. The molecule has 0 aliphatic carbocycles. The average Bonchev–Trinajstić information content (AvgIpc) is 2.61. The standard InChI is InChI=1S/C19H26ClN3O2S/c1-13-5-9-23(10-6-13)8-2-7-21-18(24)12-17-19(25)22-15-11-14(20)3-4-16(15)26-17/h3-4,11,13,17H,2,5-10,12H2,1H3,(H,21,24)(H,22,25)/t17-/m0/s1. The van der Waals surface area contributed by atoms with Crippen LogP contribution in [0.2, 0.25) is 5.02 Å². The van der Waals surface area contributed by atoms with Crippen molar-refractivity contribution >= 4 is 40.9 Å². The van der Waals surface area contributed by atoms with E-state index < -0.39 is 5.25 Å². The Balaban J connectivity index is 1.38. The van der Waals surface area contributed by atoms with Crippen molar-refractivity contribution in [2.75, 3.05) is 31.5 Å². The Morgan fingerprint density at radius 3 is 2.92 bits per heavy atom. The summed E-state index contributed by atoms with van der Waals surface area (Å²) in [6.07, 6.45) is 3.69. The third-order valence-electron chi connectivity index (χ3n) is 4.98. The van der Waals surface area contributed by atoms with Gasteiger partial charge in [0.2, 0.25) is 11.8 Å². The molecule has 0 unspecified atom stereocenters. The highest BCUT2D eigenvalue weighted by molar-refractivity contribution is 8.01. The zero-order valence-corrected chi connectivity index (χ0v) is 16.7. The molecule has 0 radical (unpaired) electrons. The van der Waals surface area contributed by atoms with Gasteiger partial charge in [-0.25, -0.2) is 0 Å². The number of hydrogen-bond donors (Lipinski definition) is 2.